The van der Waals surface area contributed by atoms with Crippen LogP contribution in [-0.4, -0.2) is 51.0 Å². The Kier molecular flexibility index (Phi) is 6.02. The summed E-state index contributed by atoms with van der Waals surface area (Å²) in [5, 5.41) is 5.69. The number of hydrogen-bond acceptors (Lipinski definition) is 5. The summed E-state index contributed by atoms with van der Waals surface area (Å²) in [6.45, 7) is 6.42. The molecule has 0 atom stereocenters. The van der Waals surface area contributed by atoms with E-state index in [1.165, 1.54) is 14.2 Å². The van der Waals surface area contributed by atoms with E-state index in [2.05, 4.69) is 10.6 Å². The van der Waals surface area contributed by atoms with Gasteiger partial charge in [-0.2, -0.15) is 0 Å². The van der Waals surface area contributed by atoms with Crippen molar-refractivity contribution in [1.29, 1.82) is 0 Å². The molecule has 7 nitrogen and oxygen atoms in total. The van der Waals surface area contributed by atoms with Crippen LogP contribution in [0.5, 0.6) is 5.75 Å². The van der Waals surface area contributed by atoms with Crippen molar-refractivity contribution < 1.29 is 23.8 Å². The van der Waals surface area contributed by atoms with Crippen molar-refractivity contribution in [2.24, 2.45) is 0 Å². The second-order valence-electron chi connectivity index (χ2n) is 6.88. The lowest BCUT2D eigenvalue weighted by atomic mass is 9.99. The lowest BCUT2D eigenvalue weighted by Gasteiger charge is -2.21. The maximum absolute atomic E-state index is 12.5. The predicted octanol–water partition coefficient (Wildman–Crippen LogP) is 1.50. The van der Waals surface area contributed by atoms with E-state index in [0.717, 1.165) is 5.56 Å². The Morgan fingerprint density at radius 3 is 2.40 bits per heavy atom. The van der Waals surface area contributed by atoms with Crippen LogP contribution in [0.25, 0.3) is 0 Å². The summed E-state index contributed by atoms with van der Waals surface area (Å²) in [5.41, 5.74) is 1.36. The number of carbonyl (C=O) groups excluding carboxylic acids is 2. The molecule has 0 unspecified atom stereocenters. The number of rotatable bonds is 6. The number of nitrogens with one attached hydrogen (secondary N) is 2. The van der Waals surface area contributed by atoms with E-state index < -0.39 is 6.29 Å². The first kappa shape index (κ1) is 19.2. The minimum absolute atomic E-state index is 0.212. The molecular weight excluding hydrogens is 324 g/mol. The van der Waals surface area contributed by atoms with Gasteiger partial charge >= 0.3 is 0 Å². The number of methoxy groups -OCH3 is 2. The van der Waals surface area contributed by atoms with Crippen LogP contribution in [0.15, 0.2) is 12.1 Å². The summed E-state index contributed by atoms with van der Waals surface area (Å²) in [5.74, 6) is 0.0319. The summed E-state index contributed by atoms with van der Waals surface area (Å²) < 4.78 is 15.8. The number of amides is 2. The molecule has 1 aromatic carbocycles. The van der Waals surface area contributed by atoms with Gasteiger partial charge in [-0.1, -0.05) is 0 Å². The fourth-order valence-corrected chi connectivity index (χ4v) is 2.63. The Morgan fingerprint density at radius 1 is 1.16 bits per heavy atom. The largest absolute Gasteiger partial charge is 0.492 e. The van der Waals surface area contributed by atoms with E-state index in [1.54, 1.807) is 12.1 Å². The first-order valence-electron chi connectivity index (χ1n) is 8.21. The van der Waals surface area contributed by atoms with Gasteiger partial charge in [-0.05, 0) is 32.9 Å². The predicted molar refractivity (Wildman–Crippen MR) is 93.0 cm³/mol. The van der Waals surface area contributed by atoms with Crippen LogP contribution in [0.1, 0.15) is 47.1 Å². The number of hydrogen-bond donors (Lipinski definition) is 2. The zero-order valence-electron chi connectivity index (χ0n) is 15.4. The molecule has 0 radical (unpaired) electrons. The minimum Gasteiger partial charge on any atom is -0.492 e. The van der Waals surface area contributed by atoms with Gasteiger partial charge in [-0.3, -0.25) is 9.59 Å². The zero-order chi connectivity index (χ0) is 18.6. The average molecular weight is 350 g/mol. The Labute approximate surface area is 148 Å². The van der Waals surface area contributed by atoms with Crippen LogP contribution in [0.4, 0.5) is 0 Å². The number of carbonyl (C=O) groups is 2. The van der Waals surface area contributed by atoms with E-state index in [0.29, 0.717) is 29.9 Å². The Hall–Kier alpha value is -2.12. The molecule has 138 valence electrons. The molecule has 2 N–H and O–H groups in total. The van der Waals surface area contributed by atoms with Crippen LogP contribution < -0.4 is 15.4 Å². The van der Waals surface area contributed by atoms with Crippen LogP contribution in [0, 0.1) is 0 Å². The second-order valence-corrected chi connectivity index (χ2v) is 6.88. The van der Waals surface area contributed by atoms with E-state index in [9.17, 15) is 9.59 Å². The normalized spacial score (nSPS) is 13.4. The molecule has 0 bridgehead atoms. The summed E-state index contributed by atoms with van der Waals surface area (Å²) >= 11 is 0. The average Bonchev–Trinajstić information content (AvgIpc) is 3.02. The lowest BCUT2D eigenvalue weighted by molar-refractivity contribution is -0.0974. The fraction of sp³-hybridized carbons (Fsp3) is 0.556. The molecule has 1 aliphatic heterocycles. The molecular formula is C18H26N2O5. The molecule has 1 heterocycles. The van der Waals surface area contributed by atoms with E-state index in [-0.39, 0.29) is 23.9 Å². The number of ether oxygens (including phenoxy) is 3. The van der Waals surface area contributed by atoms with Gasteiger partial charge < -0.3 is 24.8 Å². The smallest absolute Gasteiger partial charge is 0.255 e. The summed E-state index contributed by atoms with van der Waals surface area (Å²) in [6.07, 6.45) is 0.0808. The van der Waals surface area contributed by atoms with Gasteiger partial charge in [0.2, 0.25) is 0 Å². The molecule has 0 fully saturated rings. The summed E-state index contributed by atoms with van der Waals surface area (Å²) in [7, 11) is 3.02. The first-order valence-corrected chi connectivity index (χ1v) is 8.21. The highest BCUT2D eigenvalue weighted by molar-refractivity contribution is 6.02. The van der Waals surface area contributed by atoms with Crippen molar-refractivity contribution in [1.82, 2.24) is 10.6 Å². The summed E-state index contributed by atoms with van der Waals surface area (Å²) in [4.78, 5) is 24.9. The first-order chi connectivity index (χ1) is 11.8. The second kappa shape index (κ2) is 7.84. The molecule has 25 heavy (non-hydrogen) atoms. The topological polar surface area (TPSA) is 85.9 Å². The maximum atomic E-state index is 12.5. The highest BCUT2D eigenvalue weighted by Crippen LogP contribution is 2.33. The summed E-state index contributed by atoms with van der Waals surface area (Å²) in [6, 6.07) is 3.29. The van der Waals surface area contributed by atoms with E-state index in [4.69, 9.17) is 14.2 Å². The Morgan fingerprint density at radius 2 is 1.80 bits per heavy atom. The van der Waals surface area contributed by atoms with Crippen LogP contribution >= 0.6 is 0 Å². The SMILES string of the molecule is COC(CNC(=O)c1ccc(C(=O)NC(C)(C)C)c2c1CCO2)OC. The Bertz CT molecular complexity index is 648. The zero-order valence-corrected chi connectivity index (χ0v) is 15.4. The maximum Gasteiger partial charge on any atom is 0.255 e. The lowest BCUT2D eigenvalue weighted by Crippen LogP contribution is -2.40. The van der Waals surface area contributed by atoms with Crippen LogP contribution in [0.3, 0.4) is 0 Å². The fourth-order valence-electron chi connectivity index (χ4n) is 2.63. The van der Waals surface area contributed by atoms with E-state index in [1.807, 2.05) is 20.8 Å². The van der Waals surface area contributed by atoms with Crippen LogP contribution in [0.2, 0.25) is 0 Å². The van der Waals surface area contributed by atoms with Crippen molar-refractivity contribution in [3.63, 3.8) is 0 Å². The van der Waals surface area contributed by atoms with Crippen molar-refractivity contribution in [2.45, 2.75) is 39.0 Å². The highest BCUT2D eigenvalue weighted by atomic mass is 16.7. The number of fused-ring (bicyclic) bond motifs is 1. The third kappa shape index (κ3) is 4.70. The number of benzene rings is 1. The van der Waals surface area contributed by atoms with Crippen molar-refractivity contribution >= 4 is 11.8 Å². The molecule has 0 spiro atoms. The Balaban J connectivity index is 2.21. The van der Waals surface area contributed by atoms with Gasteiger partial charge in [-0.25, -0.2) is 0 Å². The molecule has 0 saturated heterocycles. The molecule has 2 rings (SSSR count). The van der Waals surface area contributed by atoms with E-state index >= 15 is 0 Å². The van der Waals surface area contributed by atoms with Crippen molar-refractivity contribution in [3.05, 3.63) is 28.8 Å². The van der Waals surface area contributed by atoms with Gasteiger partial charge in [0.05, 0.1) is 18.7 Å². The van der Waals surface area contributed by atoms with Gasteiger partial charge in [0.25, 0.3) is 11.8 Å². The molecule has 0 aliphatic carbocycles. The molecule has 7 heteroatoms. The molecule has 0 saturated carbocycles. The third-order valence-electron chi connectivity index (χ3n) is 3.79. The van der Waals surface area contributed by atoms with Gasteiger partial charge in [-0.15, -0.1) is 0 Å². The molecule has 0 aromatic heterocycles. The van der Waals surface area contributed by atoms with Crippen molar-refractivity contribution in [3.8, 4) is 5.75 Å². The highest BCUT2D eigenvalue weighted by Gasteiger charge is 2.27. The standard InChI is InChI=1S/C18H26N2O5/c1-18(2,3)20-17(22)13-7-6-12(11-8-9-25-15(11)13)16(21)19-10-14(23-4)24-5/h6-7,14H,8-10H2,1-5H3,(H,19,21)(H,20,22). The van der Waals surface area contributed by atoms with Crippen LogP contribution in [-0.2, 0) is 15.9 Å². The minimum atomic E-state index is -0.509. The molecule has 1 aromatic rings. The van der Waals surface area contributed by atoms with Gasteiger partial charge in [0.1, 0.15) is 5.75 Å². The molecule has 1 aliphatic rings. The quantitative estimate of drug-likeness (QED) is 0.760. The van der Waals surface area contributed by atoms with Gasteiger partial charge in [0.15, 0.2) is 6.29 Å². The monoisotopic (exact) mass is 350 g/mol. The molecule has 2 amide bonds. The van der Waals surface area contributed by atoms with Gasteiger partial charge in [0, 0.05) is 37.3 Å². The van der Waals surface area contributed by atoms with Crippen molar-refractivity contribution in [2.75, 3.05) is 27.4 Å². The third-order valence-corrected chi connectivity index (χ3v) is 3.79.